The summed E-state index contributed by atoms with van der Waals surface area (Å²) >= 11 is 0. The Bertz CT molecular complexity index is 1040. The van der Waals surface area contributed by atoms with Crippen LogP contribution in [0.2, 0.25) is 0 Å². The minimum atomic E-state index is -2.50. The van der Waals surface area contributed by atoms with Gasteiger partial charge in [-0.05, 0) is 20.3 Å². The van der Waals surface area contributed by atoms with Crippen molar-refractivity contribution >= 4 is 47.6 Å². The van der Waals surface area contributed by atoms with Crippen LogP contribution in [0.25, 0.3) is 0 Å². The summed E-state index contributed by atoms with van der Waals surface area (Å²) in [5, 5.41) is 10.0. The van der Waals surface area contributed by atoms with E-state index in [-0.39, 0.29) is 50.9 Å². The third-order valence-corrected chi connectivity index (χ3v) is 6.61. The zero-order chi connectivity index (χ0) is 35.5. The van der Waals surface area contributed by atoms with Gasteiger partial charge in [-0.1, -0.05) is 27.7 Å². The molecule has 262 valence electrons. The van der Waals surface area contributed by atoms with Gasteiger partial charge in [0.1, 0.15) is 37.6 Å². The largest absolute Gasteiger partial charge is 0.478 e. The molecule has 0 aromatic rings. The minimum Gasteiger partial charge on any atom is -0.478 e. The van der Waals surface area contributed by atoms with E-state index in [0.717, 1.165) is 0 Å². The van der Waals surface area contributed by atoms with Crippen molar-refractivity contribution in [3.05, 3.63) is 0 Å². The van der Waals surface area contributed by atoms with E-state index < -0.39 is 91.3 Å². The van der Waals surface area contributed by atoms with Gasteiger partial charge in [-0.15, -0.1) is 0 Å². The first-order chi connectivity index (χ1) is 21.5. The lowest BCUT2D eigenvalue weighted by atomic mass is 9.85. The number of ketones is 1. The van der Waals surface area contributed by atoms with Crippen molar-refractivity contribution in [2.75, 3.05) is 40.1 Å². The van der Waals surface area contributed by atoms with Crippen LogP contribution in [0, 0.1) is 10.8 Å². The van der Waals surface area contributed by atoms with Crippen molar-refractivity contribution in [1.29, 1.82) is 0 Å². The third-order valence-electron chi connectivity index (χ3n) is 6.61. The molecule has 0 radical (unpaired) electrons. The van der Waals surface area contributed by atoms with Gasteiger partial charge in [0.25, 0.3) is 0 Å². The number of carbonyl (C=O) groups excluding carboxylic acids is 7. The Hall–Kier alpha value is -4.08. The molecular formula is C30H46O16. The number of Topliss-reactive ketones (excluding diaryl/α,β-unsaturated/α-hetero) is 1. The topological polar surface area (TPSA) is 221 Å². The second-order valence-corrected chi connectivity index (χ2v) is 10.7. The molecule has 0 bridgehead atoms. The van der Waals surface area contributed by atoms with Crippen LogP contribution in [0.1, 0.15) is 80.1 Å². The van der Waals surface area contributed by atoms with Crippen molar-refractivity contribution in [2.24, 2.45) is 10.8 Å². The van der Waals surface area contributed by atoms with Crippen LogP contribution in [0.4, 0.5) is 0 Å². The molecule has 16 heteroatoms. The maximum atomic E-state index is 13.5. The SMILES string of the molecule is CCC(=O)CCC(C)(COC(=O)CC)C(=O)O[C@@H](C(=O)O)[C@@H](OC(=O)C(C)(COC(=O)CC)COC(=O)CC)C(=O)OCCOC. The van der Waals surface area contributed by atoms with E-state index in [4.69, 9.17) is 33.2 Å². The maximum absolute atomic E-state index is 13.5. The van der Waals surface area contributed by atoms with Crippen molar-refractivity contribution in [1.82, 2.24) is 0 Å². The summed E-state index contributed by atoms with van der Waals surface area (Å²) in [5.74, 6) is -8.38. The number of hydrogen-bond acceptors (Lipinski definition) is 15. The number of carboxylic acid groups (broad SMARTS) is 1. The molecule has 0 aromatic carbocycles. The van der Waals surface area contributed by atoms with Crippen LogP contribution in [0.3, 0.4) is 0 Å². The second-order valence-electron chi connectivity index (χ2n) is 10.7. The van der Waals surface area contributed by atoms with Crippen molar-refractivity contribution in [3.8, 4) is 0 Å². The molecule has 0 aliphatic rings. The summed E-state index contributed by atoms with van der Waals surface area (Å²) in [7, 11) is 1.29. The highest BCUT2D eigenvalue weighted by atomic mass is 16.6. The normalized spacial score (nSPS) is 13.6. The Balaban J connectivity index is 6.59. The molecule has 46 heavy (non-hydrogen) atoms. The monoisotopic (exact) mass is 662 g/mol. The zero-order valence-electron chi connectivity index (χ0n) is 27.5. The Morgan fingerprint density at radius 2 is 1.04 bits per heavy atom. The Labute approximate surface area is 267 Å². The fourth-order valence-corrected chi connectivity index (χ4v) is 3.31. The van der Waals surface area contributed by atoms with Gasteiger partial charge in [0.2, 0.25) is 12.2 Å². The van der Waals surface area contributed by atoms with Gasteiger partial charge in [0.15, 0.2) is 0 Å². The van der Waals surface area contributed by atoms with Gasteiger partial charge in [0.05, 0.1) is 12.0 Å². The average molecular weight is 663 g/mol. The number of ether oxygens (including phenoxy) is 7. The number of rotatable bonds is 23. The summed E-state index contributed by atoms with van der Waals surface area (Å²) in [6.45, 7) is 6.03. The number of carboxylic acids is 1. The molecule has 0 heterocycles. The molecule has 0 fully saturated rings. The molecule has 0 aliphatic carbocycles. The smallest absolute Gasteiger partial charge is 0.352 e. The van der Waals surface area contributed by atoms with Crippen LogP contribution in [0.15, 0.2) is 0 Å². The summed E-state index contributed by atoms with van der Waals surface area (Å²) < 4.78 is 35.5. The van der Waals surface area contributed by atoms with Gasteiger partial charge in [0, 0.05) is 39.2 Å². The van der Waals surface area contributed by atoms with Crippen LogP contribution < -0.4 is 0 Å². The molecule has 0 aliphatic heterocycles. The molecule has 3 atom stereocenters. The first kappa shape index (κ1) is 41.9. The molecular weight excluding hydrogens is 616 g/mol. The van der Waals surface area contributed by atoms with Crippen LogP contribution in [0.5, 0.6) is 0 Å². The predicted molar refractivity (Wildman–Crippen MR) is 155 cm³/mol. The standard InChI is InChI=1S/C30H46O16/c1-8-19(31)12-13-29(5,16-42-20(32)9-2)27(38)45-23(25(35)36)24(26(37)41-15-14-40-7)46-28(39)30(6,17-43-21(33)10-3)18-44-22(34)11-4/h23-24H,8-18H2,1-7H3,(H,35,36)/t23-,24-,29?/m1/s1. The van der Waals surface area contributed by atoms with Crippen molar-refractivity contribution in [2.45, 2.75) is 92.3 Å². The van der Waals surface area contributed by atoms with E-state index in [9.17, 15) is 43.5 Å². The molecule has 0 aromatic heterocycles. The number of carbonyl (C=O) groups is 8. The number of aliphatic carboxylic acids is 1. The van der Waals surface area contributed by atoms with Gasteiger partial charge < -0.3 is 38.3 Å². The molecule has 16 nitrogen and oxygen atoms in total. The second kappa shape index (κ2) is 20.9. The van der Waals surface area contributed by atoms with Gasteiger partial charge in [-0.2, -0.15) is 0 Å². The first-order valence-electron chi connectivity index (χ1n) is 14.8. The lowest BCUT2D eigenvalue weighted by Crippen LogP contribution is -2.51. The quantitative estimate of drug-likeness (QED) is 0.0934. The van der Waals surface area contributed by atoms with E-state index in [2.05, 4.69) is 0 Å². The number of esters is 6. The van der Waals surface area contributed by atoms with Crippen LogP contribution in [-0.2, 0) is 71.5 Å². The van der Waals surface area contributed by atoms with E-state index in [1.54, 1.807) is 6.92 Å². The predicted octanol–water partition coefficient (Wildman–Crippen LogP) is 1.72. The van der Waals surface area contributed by atoms with E-state index in [1.807, 2.05) is 0 Å². The number of methoxy groups -OCH3 is 1. The fraction of sp³-hybridized carbons (Fsp3) is 0.733. The lowest BCUT2D eigenvalue weighted by Gasteiger charge is -2.32. The highest BCUT2D eigenvalue weighted by Crippen LogP contribution is 2.29. The summed E-state index contributed by atoms with van der Waals surface area (Å²) in [5.41, 5.74) is -3.70. The summed E-state index contributed by atoms with van der Waals surface area (Å²) in [6, 6.07) is 0. The van der Waals surface area contributed by atoms with Crippen molar-refractivity contribution in [3.63, 3.8) is 0 Å². The number of hydrogen-bond donors (Lipinski definition) is 1. The highest BCUT2D eigenvalue weighted by Gasteiger charge is 2.48. The van der Waals surface area contributed by atoms with E-state index in [0.29, 0.717) is 0 Å². The molecule has 1 N–H and O–H groups in total. The fourth-order valence-electron chi connectivity index (χ4n) is 3.31. The molecule has 0 saturated heterocycles. The molecule has 0 spiro atoms. The highest BCUT2D eigenvalue weighted by molar-refractivity contribution is 5.90. The van der Waals surface area contributed by atoms with Crippen LogP contribution >= 0.6 is 0 Å². The first-order valence-corrected chi connectivity index (χ1v) is 14.8. The zero-order valence-corrected chi connectivity index (χ0v) is 27.5. The molecule has 0 saturated carbocycles. The van der Waals surface area contributed by atoms with Gasteiger partial charge in [-0.3, -0.25) is 28.8 Å². The summed E-state index contributed by atoms with van der Waals surface area (Å²) in [6.07, 6.45) is -5.32. The Kier molecular flexibility index (Phi) is 19.0. The molecule has 0 rings (SSSR count). The van der Waals surface area contributed by atoms with Gasteiger partial charge >= 0.3 is 41.8 Å². The summed E-state index contributed by atoms with van der Waals surface area (Å²) in [4.78, 5) is 100. The minimum absolute atomic E-state index is 0.0397. The van der Waals surface area contributed by atoms with Gasteiger partial charge in [-0.25, -0.2) is 9.59 Å². The Morgan fingerprint density at radius 1 is 0.609 bits per heavy atom. The third kappa shape index (κ3) is 14.3. The van der Waals surface area contributed by atoms with Crippen molar-refractivity contribution < 1.29 is 76.6 Å². The molecule has 0 amide bonds. The van der Waals surface area contributed by atoms with E-state index in [1.165, 1.54) is 41.7 Å². The van der Waals surface area contributed by atoms with E-state index >= 15 is 0 Å². The lowest BCUT2D eigenvalue weighted by molar-refractivity contribution is -0.201. The molecule has 1 unspecified atom stereocenters. The maximum Gasteiger partial charge on any atom is 0.352 e. The Morgan fingerprint density at radius 3 is 1.46 bits per heavy atom. The van der Waals surface area contributed by atoms with Crippen LogP contribution in [-0.4, -0.2) is 105 Å². The average Bonchev–Trinajstić information content (AvgIpc) is 3.04.